The normalized spacial score (nSPS) is 12.7. The third kappa shape index (κ3) is 5.89. The topological polar surface area (TPSA) is 122 Å². The molecule has 3 rings (SSSR count). The van der Waals surface area contributed by atoms with E-state index in [0.717, 1.165) is 0 Å². The van der Waals surface area contributed by atoms with E-state index in [-0.39, 0.29) is 24.5 Å². The first-order valence-electron chi connectivity index (χ1n) is 9.20. The highest BCUT2D eigenvalue weighted by molar-refractivity contribution is 6.04. The van der Waals surface area contributed by atoms with E-state index in [1.54, 1.807) is 25.3 Å². The Kier molecular flexibility index (Phi) is 6.71. The molecule has 3 aromatic heterocycles. The summed E-state index contributed by atoms with van der Waals surface area (Å²) < 4.78 is 43.2. The van der Waals surface area contributed by atoms with Crippen molar-refractivity contribution in [3.63, 3.8) is 0 Å². The number of fused-ring (bicyclic) bond motifs is 1. The second-order valence-electron chi connectivity index (χ2n) is 6.81. The summed E-state index contributed by atoms with van der Waals surface area (Å²) in [6.07, 6.45) is -1.26. The molecular weight excluding hydrogens is 419 g/mol. The van der Waals surface area contributed by atoms with Gasteiger partial charge in [-0.2, -0.15) is 18.3 Å². The number of carbonyl (C=O) groups excluding carboxylic acids is 1. The van der Waals surface area contributed by atoms with Crippen molar-refractivity contribution in [1.82, 2.24) is 25.1 Å². The lowest BCUT2D eigenvalue weighted by Gasteiger charge is -2.11. The van der Waals surface area contributed by atoms with Crippen LogP contribution in [0.15, 0.2) is 30.7 Å². The van der Waals surface area contributed by atoms with Crippen molar-refractivity contribution in [2.75, 3.05) is 19.8 Å². The van der Waals surface area contributed by atoms with Crippen LogP contribution in [0.1, 0.15) is 21.7 Å². The Labute approximate surface area is 174 Å². The average Bonchev–Trinajstić information content (AvgIpc) is 3.12. The summed E-state index contributed by atoms with van der Waals surface area (Å²) in [5.41, 5.74) is 1.64. The lowest BCUT2D eigenvalue weighted by atomic mass is 10.2. The average molecular weight is 439 g/mol. The number of halogens is 3. The van der Waals surface area contributed by atoms with Gasteiger partial charge in [-0.05, 0) is 24.6 Å². The predicted molar refractivity (Wildman–Crippen MR) is 103 cm³/mol. The molecular formula is C19H20F3N5O4. The number of aryl methyl sites for hydroxylation is 1. The van der Waals surface area contributed by atoms with E-state index >= 15 is 0 Å². The Morgan fingerprint density at radius 2 is 2.13 bits per heavy atom. The highest BCUT2D eigenvalue weighted by Crippen LogP contribution is 2.22. The Bertz CT molecular complexity index is 1070. The zero-order chi connectivity index (χ0) is 22.6. The summed E-state index contributed by atoms with van der Waals surface area (Å²) in [6.45, 7) is -0.189. The van der Waals surface area contributed by atoms with Crippen molar-refractivity contribution in [3.8, 4) is 5.75 Å². The quantitative estimate of drug-likeness (QED) is 0.482. The smallest absolute Gasteiger partial charge is 0.422 e. The number of rotatable bonds is 8. The van der Waals surface area contributed by atoms with Gasteiger partial charge in [-0.3, -0.25) is 19.4 Å². The molecule has 0 fully saturated rings. The van der Waals surface area contributed by atoms with Crippen molar-refractivity contribution < 1.29 is 32.9 Å². The Morgan fingerprint density at radius 3 is 2.81 bits per heavy atom. The first-order chi connectivity index (χ1) is 14.7. The van der Waals surface area contributed by atoms with Crippen LogP contribution in [-0.4, -0.2) is 67.9 Å². The molecule has 0 spiro atoms. The van der Waals surface area contributed by atoms with Gasteiger partial charge < -0.3 is 20.3 Å². The minimum Gasteiger partial charge on any atom is -0.482 e. The first-order valence-corrected chi connectivity index (χ1v) is 9.20. The third-order valence-electron chi connectivity index (χ3n) is 4.24. The molecule has 0 aliphatic carbocycles. The van der Waals surface area contributed by atoms with E-state index in [0.29, 0.717) is 22.2 Å². The number of aliphatic hydroxyl groups excluding tert-OH is 2. The fourth-order valence-electron chi connectivity index (χ4n) is 2.78. The number of aromatic nitrogens is 4. The molecule has 12 heteroatoms. The monoisotopic (exact) mass is 439 g/mol. The molecule has 0 unspecified atom stereocenters. The number of carbonyl (C=O) groups is 1. The van der Waals surface area contributed by atoms with E-state index in [4.69, 9.17) is 9.84 Å². The molecule has 0 radical (unpaired) electrons. The molecule has 0 saturated carbocycles. The second-order valence-corrected chi connectivity index (χ2v) is 6.81. The van der Waals surface area contributed by atoms with Gasteiger partial charge in [0.1, 0.15) is 11.4 Å². The van der Waals surface area contributed by atoms with Crippen molar-refractivity contribution in [2.24, 2.45) is 0 Å². The van der Waals surface area contributed by atoms with Crippen LogP contribution in [0.4, 0.5) is 13.2 Å². The molecule has 0 aliphatic rings. The Hall–Kier alpha value is -3.25. The van der Waals surface area contributed by atoms with Crippen LogP contribution in [0.2, 0.25) is 0 Å². The lowest BCUT2D eigenvalue weighted by molar-refractivity contribution is -0.153. The van der Waals surface area contributed by atoms with E-state index < -0.39 is 31.4 Å². The fourth-order valence-corrected chi connectivity index (χ4v) is 2.78. The van der Waals surface area contributed by atoms with E-state index in [1.807, 2.05) is 0 Å². The van der Waals surface area contributed by atoms with Crippen LogP contribution >= 0.6 is 0 Å². The number of aliphatic hydroxyl groups is 2. The minimum absolute atomic E-state index is 0.0416. The minimum atomic E-state index is -4.44. The van der Waals surface area contributed by atoms with Crippen molar-refractivity contribution in [1.29, 1.82) is 0 Å². The maximum Gasteiger partial charge on any atom is 0.422 e. The molecule has 0 bridgehead atoms. The van der Waals surface area contributed by atoms with Crippen LogP contribution in [0.3, 0.4) is 0 Å². The van der Waals surface area contributed by atoms with E-state index in [2.05, 4.69) is 20.4 Å². The molecule has 3 heterocycles. The summed E-state index contributed by atoms with van der Waals surface area (Å²) in [6, 6.07) is 3.22. The number of nitrogens with one attached hydrogen (secondary N) is 1. The first kappa shape index (κ1) is 22.4. The van der Waals surface area contributed by atoms with Gasteiger partial charge in [0.15, 0.2) is 6.61 Å². The van der Waals surface area contributed by atoms with Crippen LogP contribution in [0.25, 0.3) is 10.9 Å². The van der Waals surface area contributed by atoms with Gasteiger partial charge in [0.2, 0.25) is 0 Å². The lowest BCUT2D eigenvalue weighted by Crippen LogP contribution is -2.34. The molecule has 0 aliphatic heterocycles. The summed E-state index contributed by atoms with van der Waals surface area (Å²) in [4.78, 5) is 20.5. The number of pyridine rings is 2. The summed E-state index contributed by atoms with van der Waals surface area (Å²) in [5.74, 6) is -0.488. The zero-order valence-electron chi connectivity index (χ0n) is 16.4. The molecule has 9 nitrogen and oxygen atoms in total. The number of amides is 1. The van der Waals surface area contributed by atoms with Crippen LogP contribution in [-0.2, 0) is 6.54 Å². The van der Waals surface area contributed by atoms with Crippen LogP contribution in [0, 0.1) is 6.92 Å². The van der Waals surface area contributed by atoms with Gasteiger partial charge in [0.25, 0.3) is 5.91 Å². The molecule has 1 amide bonds. The Balaban J connectivity index is 1.75. The van der Waals surface area contributed by atoms with Gasteiger partial charge in [0.05, 0.1) is 42.0 Å². The molecule has 0 aromatic carbocycles. The number of hydrogen-bond acceptors (Lipinski definition) is 7. The van der Waals surface area contributed by atoms with Gasteiger partial charge >= 0.3 is 6.18 Å². The third-order valence-corrected chi connectivity index (χ3v) is 4.24. The molecule has 3 aromatic rings. The molecule has 3 N–H and O–H groups in total. The molecule has 166 valence electrons. The highest BCUT2D eigenvalue weighted by atomic mass is 19.4. The standard InChI is InChI=1S/C19H20F3N5O4/c1-11-4-12(24-6-16(11)31-10-19(20,21)22)7-27-8-14-15(26-27)2-3-23-17(14)18(30)25-5-13(29)9-28/h2-4,6,8,13,28-29H,5,7,9-10H2,1H3,(H,25,30)/t13-/m0/s1. The highest BCUT2D eigenvalue weighted by Gasteiger charge is 2.28. The SMILES string of the molecule is Cc1cc(Cn2cc3c(C(=O)NC[C@H](O)CO)nccc3n2)ncc1OCC(F)(F)F. The fraction of sp³-hybridized carbons (Fsp3) is 0.368. The Morgan fingerprint density at radius 1 is 1.35 bits per heavy atom. The zero-order valence-corrected chi connectivity index (χ0v) is 16.4. The molecule has 1 atom stereocenters. The number of hydrogen-bond donors (Lipinski definition) is 3. The maximum absolute atomic E-state index is 12.4. The number of ether oxygens (including phenoxy) is 1. The number of alkyl halides is 3. The predicted octanol–water partition coefficient (Wildman–Crippen LogP) is 1.21. The van der Waals surface area contributed by atoms with Crippen molar-refractivity contribution >= 4 is 16.8 Å². The second kappa shape index (κ2) is 9.27. The van der Waals surface area contributed by atoms with Gasteiger partial charge in [-0.25, -0.2) is 0 Å². The van der Waals surface area contributed by atoms with Crippen molar-refractivity contribution in [3.05, 3.63) is 47.7 Å². The van der Waals surface area contributed by atoms with E-state index in [1.165, 1.54) is 17.1 Å². The van der Waals surface area contributed by atoms with Gasteiger partial charge in [-0.1, -0.05) is 0 Å². The maximum atomic E-state index is 12.4. The van der Waals surface area contributed by atoms with E-state index in [9.17, 15) is 23.1 Å². The van der Waals surface area contributed by atoms with Crippen LogP contribution in [0.5, 0.6) is 5.75 Å². The van der Waals surface area contributed by atoms with Crippen molar-refractivity contribution in [2.45, 2.75) is 25.7 Å². The van der Waals surface area contributed by atoms with Crippen LogP contribution < -0.4 is 10.1 Å². The molecule has 31 heavy (non-hydrogen) atoms. The largest absolute Gasteiger partial charge is 0.482 e. The summed E-state index contributed by atoms with van der Waals surface area (Å²) in [5, 5.41) is 25.5. The van der Waals surface area contributed by atoms with Gasteiger partial charge in [-0.15, -0.1) is 0 Å². The molecule has 0 saturated heterocycles. The van der Waals surface area contributed by atoms with Gasteiger partial charge in [0, 0.05) is 18.9 Å². The number of nitrogens with zero attached hydrogens (tertiary/aromatic N) is 4. The summed E-state index contributed by atoms with van der Waals surface area (Å²) in [7, 11) is 0. The summed E-state index contributed by atoms with van der Waals surface area (Å²) >= 11 is 0.